The smallest absolute Gasteiger partial charge is 0.259 e. The summed E-state index contributed by atoms with van der Waals surface area (Å²) in [5.74, 6) is 0.418. The van der Waals surface area contributed by atoms with Gasteiger partial charge in [0.05, 0.1) is 25.5 Å². The molecule has 0 heterocycles. The minimum absolute atomic E-state index is 0.195. The van der Waals surface area contributed by atoms with Crippen LogP contribution in [0.2, 0.25) is 0 Å². The van der Waals surface area contributed by atoms with E-state index in [1.54, 1.807) is 42.5 Å². The van der Waals surface area contributed by atoms with E-state index in [-0.39, 0.29) is 24.8 Å². The van der Waals surface area contributed by atoms with Crippen molar-refractivity contribution >= 4 is 23.2 Å². The molecule has 0 aliphatic rings. The van der Waals surface area contributed by atoms with E-state index in [0.29, 0.717) is 28.4 Å². The second-order valence-corrected chi connectivity index (χ2v) is 5.16. The summed E-state index contributed by atoms with van der Waals surface area (Å²) in [6.45, 7) is 0.248. The van der Waals surface area contributed by atoms with Crippen molar-refractivity contribution in [2.75, 3.05) is 31.4 Å². The summed E-state index contributed by atoms with van der Waals surface area (Å²) in [5.41, 5.74) is 6.76. The molecule has 0 aliphatic carbocycles. The molecule has 0 unspecified atom stereocenters. The van der Waals surface area contributed by atoms with Crippen LogP contribution in [-0.4, -0.2) is 32.6 Å². The van der Waals surface area contributed by atoms with Gasteiger partial charge in [0.2, 0.25) is 5.91 Å². The lowest BCUT2D eigenvalue weighted by Crippen LogP contribution is -2.17. The maximum absolute atomic E-state index is 12.5. The zero-order valence-electron chi connectivity index (χ0n) is 14.2. The Labute approximate surface area is 146 Å². The molecule has 132 valence electrons. The third-order valence-electron chi connectivity index (χ3n) is 3.45. The summed E-state index contributed by atoms with van der Waals surface area (Å²) in [6, 6.07) is 11.9. The Morgan fingerprint density at radius 1 is 1.00 bits per heavy atom. The number of para-hydroxylation sites is 1. The Kier molecular flexibility index (Phi) is 6.36. The molecular weight excluding hydrogens is 322 g/mol. The summed E-state index contributed by atoms with van der Waals surface area (Å²) in [6.07, 6.45) is 0.195. The van der Waals surface area contributed by atoms with Crippen LogP contribution in [0.25, 0.3) is 0 Å². The molecule has 4 N–H and O–H groups in total. The molecule has 0 saturated heterocycles. The largest absolute Gasteiger partial charge is 0.496 e. The summed E-state index contributed by atoms with van der Waals surface area (Å²) >= 11 is 0. The Bertz CT molecular complexity index is 762. The minimum Gasteiger partial charge on any atom is -0.496 e. The van der Waals surface area contributed by atoms with Crippen molar-refractivity contribution in [1.82, 2.24) is 0 Å². The number of amides is 2. The molecule has 7 heteroatoms. The second kappa shape index (κ2) is 8.70. The first-order valence-electron chi connectivity index (χ1n) is 7.71. The van der Waals surface area contributed by atoms with Crippen LogP contribution in [-0.2, 0) is 4.79 Å². The van der Waals surface area contributed by atoms with Crippen LogP contribution in [0.4, 0.5) is 11.4 Å². The SMILES string of the molecule is COc1ccc(NC(=O)c2ccccc2OC)cc1NC(=O)CCN. The van der Waals surface area contributed by atoms with Crippen molar-refractivity contribution in [3.8, 4) is 11.5 Å². The molecule has 2 aromatic rings. The summed E-state index contributed by atoms with van der Waals surface area (Å²) in [7, 11) is 3.01. The lowest BCUT2D eigenvalue weighted by molar-refractivity contribution is -0.116. The molecule has 2 aromatic carbocycles. The van der Waals surface area contributed by atoms with E-state index in [4.69, 9.17) is 15.2 Å². The number of anilines is 2. The highest BCUT2D eigenvalue weighted by atomic mass is 16.5. The van der Waals surface area contributed by atoms with Gasteiger partial charge in [0.25, 0.3) is 5.91 Å². The average Bonchev–Trinajstić information content (AvgIpc) is 2.62. The number of rotatable bonds is 7. The zero-order valence-corrected chi connectivity index (χ0v) is 14.2. The molecule has 7 nitrogen and oxygen atoms in total. The molecule has 0 aliphatic heterocycles. The van der Waals surface area contributed by atoms with Crippen LogP contribution in [0.3, 0.4) is 0 Å². The molecule has 0 spiro atoms. The van der Waals surface area contributed by atoms with Crippen LogP contribution in [0.5, 0.6) is 11.5 Å². The van der Waals surface area contributed by atoms with Crippen molar-refractivity contribution in [3.05, 3.63) is 48.0 Å². The summed E-state index contributed by atoms with van der Waals surface area (Å²) in [5, 5.41) is 5.50. The van der Waals surface area contributed by atoms with E-state index in [2.05, 4.69) is 10.6 Å². The first-order valence-corrected chi connectivity index (χ1v) is 7.71. The Hall–Kier alpha value is -3.06. The number of hydrogen-bond donors (Lipinski definition) is 3. The molecule has 0 fully saturated rings. The van der Waals surface area contributed by atoms with Gasteiger partial charge in [-0.3, -0.25) is 9.59 Å². The van der Waals surface area contributed by atoms with Crippen LogP contribution in [0, 0.1) is 0 Å². The van der Waals surface area contributed by atoms with Crippen molar-refractivity contribution in [2.45, 2.75) is 6.42 Å². The minimum atomic E-state index is -0.318. The van der Waals surface area contributed by atoms with Gasteiger partial charge in [-0.15, -0.1) is 0 Å². The highest BCUT2D eigenvalue weighted by Gasteiger charge is 2.13. The third-order valence-corrected chi connectivity index (χ3v) is 3.45. The number of nitrogens with two attached hydrogens (primary N) is 1. The van der Waals surface area contributed by atoms with Gasteiger partial charge >= 0.3 is 0 Å². The van der Waals surface area contributed by atoms with E-state index >= 15 is 0 Å². The average molecular weight is 343 g/mol. The monoisotopic (exact) mass is 343 g/mol. The first kappa shape index (κ1) is 18.3. The van der Waals surface area contributed by atoms with E-state index < -0.39 is 0 Å². The van der Waals surface area contributed by atoms with Gasteiger partial charge < -0.3 is 25.8 Å². The van der Waals surface area contributed by atoms with Gasteiger partial charge in [-0.2, -0.15) is 0 Å². The fourth-order valence-electron chi connectivity index (χ4n) is 2.26. The number of hydrogen-bond acceptors (Lipinski definition) is 5. The predicted octanol–water partition coefficient (Wildman–Crippen LogP) is 2.24. The maximum Gasteiger partial charge on any atom is 0.259 e. The van der Waals surface area contributed by atoms with Gasteiger partial charge in [-0.1, -0.05) is 12.1 Å². The van der Waals surface area contributed by atoms with E-state index in [1.165, 1.54) is 14.2 Å². The van der Waals surface area contributed by atoms with Gasteiger partial charge in [-0.25, -0.2) is 0 Å². The van der Waals surface area contributed by atoms with E-state index in [0.717, 1.165) is 0 Å². The molecular formula is C18H21N3O4. The highest BCUT2D eigenvalue weighted by Crippen LogP contribution is 2.28. The quantitative estimate of drug-likeness (QED) is 0.715. The zero-order chi connectivity index (χ0) is 18.2. The van der Waals surface area contributed by atoms with Crippen LogP contribution < -0.4 is 25.8 Å². The van der Waals surface area contributed by atoms with Crippen molar-refractivity contribution in [3.63, 3.8) is 0 Å². The highest BCUT2D eigenvalue weighted by molar-refractivity contribution is 6.06. The first-order chi connectivity index (χ1) is 12.1. The van der Waals surface area contributed by atoms with Crippen molar-refractivity contribution < 1.29 is 19.1 Å². The molecule has 0 aromatic heterocycles. The normalized spacial score (nSPS) is 10.0. The fraction of sp³-hybridized carbons (Fsp3) is 0.222. The van der Waals surface area contributed by atoms with Crippen LogP contribution in [0.1, 0.15) is 16.8 Å². The molecule has 2 amide bonds. The standard InChI is InChI=1S/C18H21N3O4/c1-24-15-6-4-3-5-13(15)18(23)20-12-7-8-16(25-2)14(11-12)21-17(22)9-10-19/h3-8,11H,9-10,19H2,1-2H3,(H,20,23)(H,21,22). The lowest BCUT2D eigenvalue weighted by Gasteiger charge is -2.13. The molecule has 0 atom stereocenters. The molecule has 0 saturated carbocycles. The van der Waals surface area contributed by atoms with Crippen LogP contribution >= 0.6 is 0 Å². The van der Waals surface area contributed by atoms with Crippen molar-refractivity contribution in [1.29, 1.82) is 0 Å². The molecule has 25 heavy (non-hydrogen) atoms. The van der Waals surface area contributed by atoms with Gasteiger partial charge in [-0.05, 0) is 30.3 Å². The van der Waals surface area contributed by atoms with Gasteiger partial charge in [0, 0.05) is 18.7 Å². The third kappa shape index (κ3) is 4.71. The molecule has 0 bridgehead atoms. The van der Waals surface area contributed by atoms with E-state index in [1.807, 2.05) is 0 Å². The van der Waals surface area contributed by atoms with Crippen molar-refractivity contribution in [2.24, 2.45) is 5.73 Å². The van der Waals surface area contributed by atoms with Gasteiger partial charge in [0.15, 0.2) is 0 Å². The summed E-state index contributed by atoms with van der Waals surface area (Å²) in [4.78, 5) is 24.2. The number of benzene rings is 2. The topological polar surface area (TPSA) is 103 Å². The number of carbonyl (C=O) groups is 2. The Morgan fingerprint density at radius 2 is 1.72 bits per heavy atom. The number of ether oxygens (including phenoxy) is 2. The number of methoxy groups -OCH3 is 2. The summed E-state index contributed by atoms with van der Waals surface area (Å²) < 4.78 is 10.4. The molecule has 0 radical (unpaired) electrons. The van der Waals surface area contributed by atoms with Crippen LogP contribution in [0.15, 0.2) is 42.5 Å². The maximum atomic E-state index is 12.5. The molecule has 2 rings (SSSR count). The predicted molar refractivity (Wildman–Crippen MR) is 96.2 cm³/mol. The number of carbonyl (C=O) groups excluding carboxylic acids is 2. The van der Waals surface area contributed by atoms with Gasteiger partial charge in [0.1, 0.15) is 11.5 Å². The van der Waals surface area contributed by atoms with E-state index in [9.17, 15) is 9.59 Å². The fourth-order valence-corrected chi connectivity index (χ4v) is 2.26. The Balaban J connectivity index is 2.22. The second-order valence-electron chi connectivity index (χ2n) is 5.16. The number of nitrogens with one attached hydrogen (secondary N) is 2. The lowest BCUT2D eigenvalue weighted by atomic mass is 10.1. The Morgan fingerprint density at radius 3 is 2.40 bits per heavy atom.